The van der Waals surface area contributed by atoms with Gasteiger partial charge in [-0.2, -0.15) is 13.2 Å². The van der Waals surface area contributed by atoms with Crippen LogP contribution in [0.1, 0.15) is 37.7 Å². The van der Waals surface area contributed by atoms with E-state index in [0.717, 1.165) is 0 Å². The van der Waals surface area contributed by atoms with E-state index in [9.17, 15) is 18.3 Å². The summed E-state index contributed by atoms with van der Waals surface area (Å²) in [4.78, 5) is 5.70. The first kappa shape index (κ1) is 13.7. The average molecular weight is 272 g/mol. The lowest BCUT2D eigenvalue weighted by atomic mass is 9.85. The number of aromatic amines is 1. The van der Waals surface area contributed by atoms with Gasteiger partial charge in [-0.05, 0) is 24.0 Å². The summed E-state index contributed by atoms with van der Waals surface area (Å²) in [5.41, 5.74) is 1.02. The molecule has 0 aliphatic rings. The van der Waals surface area contributed by atoms with Crippen molar-refractivity contribution in [2.45, 2.75) is 39.3 Å². The van der Waals surface area contributed by atoms with Crippen molar-refractivity contribution < 1.29 is 18.3 Å². The maximum atomic E-state index is 12.6. The summed E-state index contributed by atoms with van der Waals surface area (Å²) in [6.07, 6.45) is -4.56. The van der Waals surface area contributed by atoms with Crippen LogP contribution in [0, 0.1) is 6.92 Å². The number of aromatic hydroxyl groups is 1. The predicted molar refractivity (Wildman–Crippen MR) is 66.2 cm³/mol. The summed E-state index contributed by atoms with van der Waals surface area (Å²) in [5, 5.41) is 10.2. The monoisotopic (exact) mass is 272 g/mol. The van der Waals surface area contributed by atoms with Gasteiger partial charge in [0.1, 0.15) is 11.3 Å². The predicted octanol–water partition coefficient (Wildman–Crippen LogP) is 3.89. The van der Waals surface area contributed by atoms with Gasteiger partial charge in [0.25, 0.3) is 0 Å². The second kappa shape index (κ2) is 3.88. The number of hydrogen-bond donors (Lipinski definition) is 2. The molecule has 0 bridgehead atoms. The van der Waals surface area contributed by atoms with Gasteiger partial charge >= 0.3 is 6.18 Å². The Labute approximate surface area is 108 Å². The fourth-order valence-corrected chi connectivity index (χ4v) is 2.02. The highest BCUT2D eigenvalue weighted by atomic mass is 19.4. The standard InChI is InChI=1S/C13H15F3N2O/c1-6-5-7(12(2,3)4)10(19)9-8(6)17-11(18-9)13(14,15)16/h5,19H,1-4H3,(H,17,18). The van der Waals surface area contributed by atoms with Crippen LogP contribution in [0.4, 0.5) is 13.2 Å². The third-order valence-electron chi connectivity index (χ3n) is 3.01. The van der Waals surface area contributed by atoms with Crippen molar-refractivity contribution in [3.63, 3.8) is 0 Å². The minimum atomic E-state index is -4.56. The molecule has 0 saturated carbocycles. The van der Waals surface area contributed by atoms with Gasteiger partial charge in [-0.1, -0.05) is 20.8 Å². The number of rotatable bonds is 0. The fourth-order valence-electron chi connectivity index (χ4n) is 2.02. The van der Waals surface area contributed by atoms with E-state index in [1.54, 1.807) is 13.0 Å². The van der Waals surface area contributed by atoms with E-state index >= 15 is 0 Å². The zero-order valence-electron chi connectivity index (χ0n) is 11.1. The number of H-pyrrole nitrogens is 1. The SMILES string of the molecule is Cc1cc(C(C)(C)C)c(O)c2[nH]c(C(F)(F)F)nc12. The molecule has 2 rings (SSSR count). The van der Waals surface area contributed by atoms with Crippen molar-refractivity contribution in [2.75, 3.05) is 0 Å². The lowest BCUT2D eigenvalue weighted by Gasteiger charge is -2.21. The summed E-state index contributed by atoms with van der Waals surface area (Å²) in [5.74, 6) is -1.26. The summed E-state index contributed by atoms with van der Waals surface area (Å²) in [7, 11) is 0. The Morgan fingerprint density at radius 3 is 2.26 bits per heavy atom. The molecule has 0 spiro atoms. The van der Waals surface area contributed by atoms with Crippen LogP contribution >= 0.6 is 0 Å². The largest absolute Gasteiger partial charge is 0.505 e. The van der Waals surface area contributed by atoms with Crippen LogP contribution in [-0.2, 0) is 11.6 Å². The Hall–Kier alpha value is -1.72. The Bertz CT molecular complexity index is 636. The summed E-state index contributed by atoms with van der Waals surface area (Å²) < 4.78 is 37.9. The van der Waals surface area contributed by atoms with Gasteiger partial charge in [-0.15, -0.1) is 0 Å². The van der Waals surface area contributed by atoms with Crippen LogP contribution in [0.3, 0.4) is 0 Å². The third-order valence-corrected chi connectivity index (χ3v) is 3.01. The van der Waals surface area contributed by atoms with Crippen molar-refractivity contribution >= 4 is 11.0 Å². The molecule has 0 amide bonds. The topological polar surface area (TPSA) is 48.9 Å². The number of fused-ring (bicyclic) bond motifs is 1. The highest BCUT2D eigenvalue weighted by Gasteiger charge is 2.36. The first-order valence-corrected chi connectivity index (χ1v) is 5.82. The Kier molecular flexibility index (Phi) is 2.80. The van der Waals surface area contributed by atoms with Crippen molar-refractivity contribution in [2.24, 2.45) is 0 Å². The summed E-state index contributed by atoms with van der Waals surface area (Å²) >= 11 is 0. The van der Waals surface area contributed by atoms with Crippen molar-refractivity contribution in [3.8, 4) is 5.75 Å². The number of phenols is 1. The smallest absolute Gasteiger partial charge is 0.449 e. The molecule has 1 heterocycles. The molecule has 2 aromatic rings. The molecular weight excluding hydrogens is 257 g/mol. The number of hydrogen-bond acceptors (Lipinski definition) is 2. The lowest BCUT2D eigenvalue weighted by Crippen LogP contribution is -2.11. The van der Waals surface area contributed by atoms with Crippen LogP contribution < -0.4 is 0 Å². The summed E-state index contributed by atoms with van der Waals surface area (Å²) in [6.45, 7) is 7.33. The van der Waals surface area contributed by atoms with Crippen molar-refractivity contribution in [1.29, 1.82) is 0 Å². The van der Waals surface area contributed by atoms with E-state index in [0.29, 0.717) is 11.1 Å². The molecule has 1 aromatic carbocycles. The normalized spacial score (nSPS) is 13.2. The third kappa shape index (κ3) is 2.27. The van der Waals surface area contributed by atoms with Gasteiger partial charge in [-0.25, -0.2) is 4.98 Å². The van der Waals surface area contributed by atoms with Crippen LogP contribution in [0.5, 0.6) is 5.75 Å². The molecule has 1 aromatic heterocycles. The molecule has 0 unspecified atom stereocenters. The van der Waals surface area contributed by atoms with Crippen molar-refractivity contribution in [3.05, 3.63) is 23.0 Å². The maximum absolute atomic E-state index is 12.6. The molecule has 0 saturated heterocycles. The van der Waals surface area contributed by atoms with Gasteiger partial charge in [0, 0.05) is 5.56 Å². The van der Waals surface area contributed by atoms with Gasteiger partial charge in [0.15, 0.2) is 0 Å². The summed E-state index contributed by atoms with van der Waals surface area (Å²) in [6, 6.07) is 1.68. The number of imidazole rings is 1. The van der Waals surface area contributed by atoms with E-state index in [1.807, 2.05) is 20.8 Å². The zero-order valence-corrected chi connectivity index (χ0v) is 11.1. The fraction of sp³-hybridized carbons (Fsp3) is 0.462. The van der Waals surface area contributed by atoms with Gasteiger partial charge < -0.3 is 10.1 Å². The van der Waals surface area contributed by atoms with E-state index < -0.39 is 12.0 Å². The van der Waals surface area contributed by atoms with Gasteiger partial charge in [0.2, 0.25) is 5.82 Å². The van der Waals surface area contributed by atoms with Crippen molar-refractivity contribution in [1.82, 2.24) is 9.97 Å². The second-order valence-electron chi connectivity index (χ2n) is 5.65. The number of nitrogens with one attached hydrogen (secondary N) is 1. The molecule has 0 fully saturated rings. The van der Waals surface area contributed by atoms with Gasteiger partial charge in [0.05, 0.1) is 5.52 Å². The van der Waals surface area contributed by atoms with E-state index in [4.69, 9.17) is 0 Å². The number of aromatic nitrogens is 2. The molecular formula is C13H15F3N2O. The van der Waals surface area contributed by atoms with E-state index in [1.165, 1.54) is 0 Å². The van der Waals surface area contributed by atoms with Crippen LogP contribution in [-0.4, -0.2) is 15.1 Å². The van der Waals surface area contributed by atoms with E-state index in [-0.39, 0.29) is 22.2 Å². The Morgan fingerprint density at radius 1 is 1.21 bits per heavy atom. The molecule has 6 heteroatoms. The first-order valence-electron chi connectivity index (χ1n) is 5.82. The number of halogens is 3. The molecule has 0 aliphatic heterocycles. The minimum absolute atomic E-state index is 0.0391. The van der Waals surface area contributed by atoms with Crippen LogP contribution in [0.2, 0.25) is 0 Å². The van der Waals surface area contributed by atoms with Crippen LogP contribution in [0.15, 0.2) is 6.07 Å². The molecule has 104 valence electrons. The average Bonchev–Trinajstić information content (AvgIpc) is 2.66. The number of phenolic OH excluding ortho intramolecular Hbond substituents is 1. The lowest BCUT2D eigenvalue weighted by molar-refractivity contribution is -0.144. The molecule has 0 aliphatic carbocycles. The minimum Gasteiger partial charge on any atom is -0.505 e. The first-order chi connectivity index (χ1) is 8.51. The molecule has 2 N–H and O–H groups in total. The molecule has 19 heavy (non-hydrogen) atoms. The molecule has 3 nitrogen and oxygen atoms in total. The number of nitrogens with zero attached hydrogens (tertiary/aromatic N) is 1. The van der Waals surface area contributed by atoms with Crippen LogP contribution in [0.25, 0.3) is 11.0 Å². The molecule has 0 atom stereocenters. The number of benzene rings is 1. The highest BCUT2D eigenvalue weighted by Crippen LogP contribution is 2.39. The van der Waals surface area contributed by atoms with Gasteiger partial charge in [-0.3, -0.25) is 0 Å². The highest BCUT2D eigenvalue weighted by molar-refractivity contribution is 5.86. The number of aryl methyl sites for hydroxylation is 1. The Morgan fingerprint density at radius 2 is 1.79 bits per heavy atom. The quantitative estimate of drug-likeness (QED) is 0.764. The Balaban J connectivity index is 2.79. The molecule has 0 radical (unpaired) electrons. The maximum Gasteiger partial charge on any atom is 0.449 e. The number of alkyl halides is 3. The zero-order chi connectivity index (χ0) is 14.6. The second-order valence-corrected chi connectivity index (χ2v) is 5.65. The van der Waals surface area contributed by atoms with E-state index in [2.05, 4.69) is 9.97 Å².